The number of anilines is 1. The van der Waals surface area contributed by atoms with Crippen molar-refractivity contribution in [3.05, 3.63) is 29.3 Å². The Morgan fingerprint density at radius 3 is 2.50 bits per heavy atom. The Hall–Kier alpha value is -1.88. The third-order valence-electron chi connectivity index (χ3n) is 2.08. The van der Waals surface area contributed by atoms with E-state index in [1.54, 1.807) is 6.92 Å². The summed E-state index contributed by atoms with van der Waals surface area (Å²) >= 11 is 0. The van der Waals surface area contributed by atoms with Crippen molar-refractivity contribution < 1.29 is 14.7 Å². The minimum Gasteiger partial charge on any atom is -0.478 e. The van der Waals surface area contributed by atoms with Crippen LogP contribution in [0, 0.1) is 0 Å². The van der Waals surface area contributed by atoms with Gasteiger partial charge in [0.1, 0.15) is 0 Å². The highest BCUT2D eigenvalue weighted by Crippen LogP contribution is 2.16. The zero-order chi connectivity index (χ0) is 12.3. The molecule has 1 aromatic rings. The maximum atomic E-state index is 11.7. The zero-order valence-corrected chi connectivity index (χ0v) is 8.93. The Labute approximate surface area is 93.1 Å². The summed E-state index contributed by atoms with van der Waals surface area (Å²) in [4.78, 5) is 22.6. The number of aromatic carboxylic acids is 1. The van der Waals surface area contributed by atoms with Crippen LogP contribution in [-0.4, -0.2) is 22.9 Å². The number of carboxylic acid groups (broad SMARTS) is 1. The van der Waals surface area contributed by atoms with Crippen LogP contribution in [0.15, 0.2) is 18.2 Å². The number of rotatable bonds is 4. The van der Waals surface area contributed by atoms with Crippen molar-refractivity contribution in [2.75, 3.05) is 5.73 Å². The lowest BCUT2D eigenvalue weighted by atomic mass is 9.99. The summed E-state index contributed by atoms with van der Waals surface area (Å²) in [6, 6.07) is 3.84. The predicted molar refractivity (Wildman–Crippen MR) is 60.4 cm³/mol. The smallest absolute Gasteiger partial charge is 0.336 e. The fourth-order valence-electron chi connectivity index (χ4n) is 1.38. The molecule has 5 N–H and O–H groups in total. The molecule has 0 spiro atoms. The summed E-state index contributed by atoms with van der Waals surface area (Å²) in [5, 5.41) is 8.92. The summed E-state index contributed by atoms with van der Waals surface area (Å²) < 4.78 is 0. The lowest BCUT2D eigenvalue weighted by Gasteiger charge is -2.08. The predicted octanol–water partition coefficient (Wildman–Crippen LogP) is 0.887. The van der Waals surface area contributed by atoms with Crippen molar-refractivity contribution in [2.45, 2.75) is 19.4 Å². The molecule has 0 radical (unpaired) electrons. The SMILES string of the molecule is CC(N)CC(=O)c1cc(N)ccc1C(=O)O. The van der Waals surface area contributed by atoms with Gasteiger partial charge in [-0.15, -0.1) is 0 Å². The van der Waals surface area contributed by atoms with Gasteiger partial charge in [0.15, 0.2) is 5.78 Å². The molecule has 0 heterocycles. The molecule has 0 fully saturated rings. The number of nitrogens with two attached hydrogens (primary N) is 2. The summed E-state index contributed by atoms with van der Waals surface area (Å²) in [5.74, 6) is -1.45. The first-order valence-corrected chi connectivity index (χ1v) is 4.83. The number of benzene rings is 1. The number of hydrogen-bond acceptors (Lipinski definition) is 4. The number of carbonyl (C=O) groups excluding carboxylic acids is 1. The first-order valence-electron chi connectivity index (χ1n) is 4.83. The summed E-state index contributed by atoms with van der Waals surface area (Å²) in [5.41, 5.74) is 11.4. The molecule has 0 aliphatic rings. The number of nitrogen functional groups attached to an aromatic ring is 1. The molecule has 5 heteroatoms. The van der Waals surface area contributed by atoms with E-state index in [2.05, 4.69) is 0 Å². The second-order valence-electron chi connectivity index (χ2n) is 3.71. The van der Waals surface area contributed by atoms with Gasteiger partial charge in [0, 0.05) is 23.7 Å². The number of ketones is 1. The first kappa shape index (κ1) is 12.2. The van der Waals surface area contributed by atoms with Gasteiger partial charge in [0.2, 0.25) is 0 Å². The molecule has 0 saturated heterocycles. The summed E-state index contributed by atoms with van der Waals surface area (Å²) in [6.45, 7) is 1.69. The highest BCUT2D eigenvalue weighted by Gasteiger charge is 2.17. The van der Waals surface area contributed by atoms with Gasteiger partial charge in [-0.1, -0.05) is 0 Å². The average Bonchev–Trinajstić information content (AvgIpc) is 2.15. The van der Waals surface area contributed by atoms with E-state index in [0.717, 1.165) is 0 Å². The van der Waals surface area contributed by atoms with Gasteiger partial charge in [0.25, 0.3) is 0 Å². The van der Waals surface area contributed by atoms with Crippen LogP contribution in [0.3, 0.4) is 0 Å². The molecular formula is C11H14N2O3. The molecule has 1 unspecified atom stereocenters. The molecule has 86 valence electrons. The van der Waals surface area contributed by atoms with Crippen LogP contribution in [0.1, 0.15) is 34.1 Å². The molecule has 0 aliphatic carbocycles. The van der Waals surface area contributed by atoms with Gasteiger partial charge >= 0.3 is 5.97 Å². The third kappa shape index (κ3) is 2.80. The van der Waals surface area contributed by atoms with E-state index < -0.39 is 5.97 Å². The molecule has 0 bridgehead atoms. The van der Waals surface area contributed by atoms with Crippen LogP contribution in [-0.2, 0) is 0 Å². The second kappa shape index (κ2) is 4.76. The normalized spacial score (nSPS) is 12.1. The van der Waals surface area contributed by atoms with Crippen LogP contribution in [0.4, 0.5) is 5.69 Å². The topological polar surface area (TPSA) is 106 Å². The van der Waals surface area contributed by atoms with Gasteiger partial charge in [-0.3, -0.25) is 4.79 Å². The lowest BCUT2D eigenvalue weighted by Crippen LogP contribution is -2.21. The molecule has 1 rings (SSSR count). The molecular weight excluding hydrogens is 208 g/mol. The highest BCUT2D eigenvalue weighted by molar-refractivity contribution is 6.06. The minimum atomic E-state index is -1.15. The summed E-state index contributed by atoms with van der Waals surface area (Å²) in [6.07, 6.45) is 0.101. The Kier molecular flexibility index (Phi) is 3.63. The third-order valence-corrected chi connectivity index (χ3v) is 2.08. The summed E-state index contributed by atoms with van der Waals surface area (Å²) in [7, 11) is 0. The highest BCUT2D eigenvalue weighted by atomic mass is 16.4. The monoisotopic (exact) mass is 222 g/mol. The maximum Gasteiger partial charge on any atom is 0.336 e. The van der Waals surface area contributed by atoms with Crippen molar-refractivity contribution in [3.8, 4) is 0 Å². The van der Waals surface area contributed by atoms with Crippen LogP contribution in [0.2, 0.25) is 0 Å². The van der Waals surface area contributed by atoms with Crippen molar-refractivity contribution >= 4 is 17.4 Å². The van der Waals surface area contributed by atoms with Crippen molar-refractivity contribution in [1.82, 2.24) is 0 Å². The molecule has 0 aliphatic heterocycles. The standard InChI is InChI=1S/C11H14N2O3/c1-6(12)4-10(14)9-5-7(13)2-3-8(9)11(15)16/h2-3,5-6H,4,12-13H2,1H3,(H,15,16). The molecule has 16 heavy (non-hydrogen) atoms. The van der Waals surface area contributed by atoms with Gasteiger partial charge in [-0.05, 0) is 25.1 Å². The lowest BCUT2D eigenvalue weighted by molar-refractivity contribution is 0.0691. The largest absolute Gasteiger partial charge is 0.478 e. The van der Waals surface area contributed by atoms with Crippen molar-refractivity contribution in [2.24, 2.45) is 5.73 Å². The molecule has 1 atom stereocenters. The van der Waals surface area contributed by atoms with Crippen LogP contribution >= 0.6 is 0 Å². The number of Topliss-reactive ketones (excluding diaryl/α,β-unsaturated/α-hetero) is 1. The average molecular weight is 222 g/mol. The van der Waals surface area contributed by atoms with E-state index in [4.69, 9.17) is 16.6 Å². The van der Waals surface area contributed by atoms with Crippen LogP contribution < -0.4 is 11.5 Å². The van der Waals surface area contributed by atoms with E-state index in [1.165, 1.54) is 18.2 Å². The van der Waals surface area contributed by atoms with E-state index in [0.29, 0.717) is 5.69 Å². The molecule has 0 saturated carbocycles. The molecule has 1 aromatic carbocycles. The van der Waals surface area contributed by atoms with E-state index in [9.17, 15) is 9.59 Å². The first-order chi connectivity index (χ1) is 7.41. The number of carboxylic acids is 1. The Bertz CT molecular complexity index is 427. The molecule has 5 nitrogen and oxygen atoms in total. The Balaban J connectivity index is 3.14. The fourth-order valence-corrected chi connectivity index (χ4v) is 1.38. The van der Waals surface area contributed by atoms with Gasteiger partial charge in [-0.25, -0.2) is 4.79 Å². The van der Waals surface area contributed by atoms with Gasteiger partial charge in [0.05, 0.1) is 5.56 Å². The Morgan fingerprint density at radius 2 is 2.00 bits per heavy atom. The van der Waals surface area contributed by atoms with Crippen LogP contribution in [0.25, 0.3) is 0 Å². The fraction of sp³-hybridized carbons (Fsp3) is 0.273. The number of hydrogen-bond donors (Lipinski definition) is 3. The van der Waals surface area contributed by atoms with E-state index >= 15 is 0 Å². The zero-order valence-electron chi connectivity index (χ0n) is 8.93. The Morgan fingerprint density at radius 1 is 1.38 bits per heavy atom. The molecule has 0 aromatic heterocycles. The number of carbonyl (C=O) groups is 2. The quantitative estimate of drug-likeness (QED) is 0.518. The van der Waals surface area contributed by atoms with E-state index in [1.807, 2.05) is 0 Å². The van der Waals surface area contributed by atoms with Crippen molar-refractivity contribution in [1.29, 1.82) is 0 Å². The second-order valence-corrected chi connectivity index (χ2v) is 3.71. The molecule has 0 amide bonds. The minimum absolute atomic E-state index is 0.0418. The maximum absolute atomic E-state index is 11.7. The van der Waals surface area contributed by atoms with E-state index in [-0.39, 0.29) is 29.4 Å². The van der Waals surface area contributed by atoms with Crippen LogP contribution in [0.5, 0.6) is 0 Å². The van der Waals surface area contributed by atoms with Gasteiger partial charge < -0.3 is 16.6 Å². The van der Waals surface area contributed by atoms with Gasteiger partial charge in [-0.2, -0.15) is 0 Å². The van der Waals surface area contributed by atoms with Crippen molar-refractivity contribution in [3.63, 3.8) is 0 Å².